The van der Waals surface area contributed by atoms with Crippen LogP contribution in [0.15, 0.2) is 24.5 Å². The number of hydrogen-bond acceptors (Lipinski definition) is 6. The molecule has 0 saturated heterocycles. The van der Waals surface area contributed by atoms with Gasteiger partial charge in [-0.2, -0.15) is 0 Å². The van der Waals surface area contributed by atoms with E-state index in [1.54, 1.807) is 23.6 Å². The summed E-state index contributed by atoms with van der Waals surface area (Å²) in [5.74, 6) is 0.454. The highest BCUT2D eigenvalue weighted by molar-refractivity contribution is 7.11. The lowest BCUT2D eigenvalue weighted by molar-refractivity contribution is 0.0635. The van der Waals surface area contributed by atoms with Gasteiger partial charge in [0.2, 0.25) is 0 Å². The molecule has 2 aromatic heterocycles. The lowest BCUT2D eigenvalue weighted by Crippen LogP contribution is -2.27. The molecule has 6 nitrogen and oxygen atoms in total. The Kier molecular flexibility index (Phi) is 5.54. The zero-order chi connectivity index (χ0) is 16.9. The minimum absolute atomic E-state index is 0.454. The Hall–Kier alpha value is -2.15. The van der Waals surface area contributed by atoms with Crippen molar-refractivity contribution in [3.05, 3.63) is 34.4 Å². The molecule has 0 fully saturated rings. The van der Waals surface area contributed by atoms with Crippen LogP contribution in [-0.2, 0) is 17.7 Å². The van der Waals surface area contributed by atoms with Gasteiger partial charge >= 0.3 is 6.09 Å². The first-order valence-corrected chi connectivity index (χ1v) is 8.31. The Morgan fingerprint density at radius 1 is 1.26 bits per heavy atom. The van der Waals surface area contributed by atoms with E-state index < -0.39 is 11.7 Å². The summed E-state index contributed by atoms with van der Waals surface area (Å²) in [5.41, 5.74) is 0.351. The molecule has 0 atom stereocenters. The second kappa shape index (κ2) is 7.41. The van der Waals surface area contributed by atoms with Gasteiger partial charge < -0.3 is 10.1 Å². The number of pyridine rings is 1. The predicted molar refractivity (Wildman–Crippen MR) is 92.9 cm³/mol. The van der Waals surface area contributed by atoms with Gasteiger partial charge in [0.25, 0.3) is 0 Å². The zero-order valence-electron chi connectivity index (χ0n) is 13.8. The summed E-state index contributed by atoms with van der Waals surface area (Å²) in [6.07, 6.45) is 4.01. The fraction of sp³-hybridized carbons (Fsp3) is 0.438. The quantitative estimate of drug-likeness (QED) is 0.862. The van der Waals surface area contributed by atoms with E-state index in [-0.39, 0.29) is 0 Å². The van der Waals surface area contributed by atoms with E-state index in [0.29, 0.717) is 12.4 Å². The minimum Gasteiger partial charge on any atom is -0.444 e. The highest BCUT2D eigenvalue weighted by Gasteiger charge is 2.16. The van der Waals surface area contributed by atoms with E-state index in [0.717, 1.165) is 17.1 Å². The third-order valence-electron chi connectivity index (χ3n) is 2.76. The number of nitrogens with one attached hydrogen (secondary N) is 2. The molecule has 0 aromatic carbocycles. The van der Waals surface area contributed by atoms with Crippen LogP contribution in [0.1, 0.15) is 37.6 Å². The summed E-state index contributed by atoms with van der Waals surface area (Å²) in [4.78, 5) is 21.4. The maximum Gasteiger partial charge on any atom is 0.413 e. The van der Waals surface area contributed by atoms with Crippen molar-refractivity contribution in [1.82, 2.24) is 9.97 Å². The number of rotatable bonds is 5. The van der Waals surface area contributed by atoms with Crippen molar-refractivity contribution in [1.29, 1.82) is 0 Å². The summed E-state index contributed by atoms with van der Waals surface area (Å²) in [5, 5.41) is 7.02. The van der Waals surface area contributed by atoms with Crippen molar-refractivity contribution in [2.24, 2.45) is 0 Å². The van der Waals surface area contributed by atoms with Crippen molar-refractivity contribution >= 4 is 28.9 Å². The number of carbonyl (C=O) groups is 1. The van der Waals surface area contributed by atoms with Crippen molar-refractivity contribution < 1.29 is 9.53 Å². The van der Waals surface area contributed by atoms with Gasteiger partial charge in [0.15, 0.2) is 0 Å². The number of aryl methyl sites for hydroxylation is 1. The van der Waals surface area contributed by atoms with Crippen LogP contribution in [0.3, 0.4) is 0 Å². The molecule has 0 radical (unpaired) electrons. The number of aromatic nitrogens is 2. The molecule has 2 heterocycles. The van der Waals surface area contributed by atoms with Gasteiger partial charge in [-0.25, -0.2) is 14.8 Å². The average Bonchev–Trinajstić information content (AvgIpc) is 2.92. The van der Waals surface area contributed by atoms with Gasteiger partial charge in [-0.05, 0) is 39.3 Å². The summed E-state index contributed by atoms with van der Waals surface area (Å²) in [6, 6.07) is 3.60. The summed E-state index contributed by atoms with van der Waals surface area (Å²) in [6.45, 7) is 8.25. The standard InChI is InChI=1S/C16H22N4O2S/c1-5-14-19-10-12(23-14)9-17-11-6-7-13(18-8-11)20-15(21)22-16(2,3)4/h6-8,10,17H,5,9H2,1-4H3,(H,18,20,21). The van der Waals surface area contributed by atoms with Crippen LogP contribution in [-0.4, -0.2) is 21.7 Å². The number of amides is 1. The fourth-order valence-electron chi connectivity index (χ4n) is 1.76. The average molecular weight is 334 g/mol. The van der Waals surface area contributed by atoms with Gasteiger partial charge in [0.05, 0.1) is 23.4 Å². The second-order valence-electron chi connectivity index (χ2n) is 5.99. The molecule has 23 heavy (non-hydrogen) atoms. The molecule has 0 unspecified atom stereocenters. The molecule has 7 heteroatoms. The first-order chi connectivity index (χ1) is 10.9. The first-order valence-electron chi connectivity index (χ1n) is 7.49. The highest BCUT2D eigenvalue weighted by atomic mass is 32.1. The Morgan fingerprint density at radius 3 is 2.61 bits per heavy atom. The van der Waals surface area contributed by atoms with Crippen molar-refractivity contribution in [3.8, 4) is 0 Å². The van der Waals surface area contributed by atoms with Gasteiger partial charge in [0, 0.05) is 11.1 Å². The monoisotopic (exact) mass is 334 g/mol. The third-order valence-corrected chi connectivity index (χ3v) is 3.90. The van der Waals surface area contributed by atoms with Crippen LogP contribution >= 0.6 is 11.3 Å². The first kappa shape index (κ1) is 17.2. The molecule has 0 spiro atoms. The zero-order valence-corrected chi connectivity index (χ0v) is 14.7. The van der Waals surface area contributed by atoms with Crippen molar-refractivity contribution in [2.75, 3.05) is 10.6 Å². The lowest BCUT2D eigenvalue weighted by Gasteiger charge is -2.19. The van der Waals surface area contributed by atoms with Crippen LogP contribution in [0.5, 0.6) is 0 Å². The number of carbonyl (C=O) groups excluding carboxylic acids is 1. The molecular weight excluding hydrogens is 312 g/mol. The number of thiazole rings is 1. The predicted octanol–water partition coefficient (Wildman–Crippen LogP) is 4.06. The van der Waals surface area contributed by atoms with Crippen LogP contribution in [0.4, 0.5) is 16.3 Å². The third kappa shape index (κ3) is 5.86. The summed E-state index contributed by atoms with van der Waals surface area (Å²) in [7, 11) is 0. The molecule has 1 amide bonds. The van der Waals surface area contributed by atoms with Crippen molar-refractivity contribution in [3.63, 3.8) is 0 Å². The Labute approximate surface area is 140 Å². The lowest BCUT2D eigenvalue weighted by atomic mass is 10.2. The van der Waals surface area contributed by atoms with Gasteiger partial charge in [-0.1, -0.05) is 6.92 Å². The number of nitrogens with zero attached hydrogens (tertiary/aromatic N) is 2. The maximum absolute atomic E-state index is 11.7. The van der Waals surface area contributed by atoms with Gasteiger partial charge in [0.1, 0.15) is 11.4 Å². The smallest absolute Gasteiger partial charge is 0.413 e. The topological polar surface area (TPSA) is 76.1 Å². The molecule has 0 bridgehead atoms. The molecule has 2 N–H and O–H groups in total. The largest absolute Gasteiger partial charge is 0.444 e. The summed E-state index contributed by atoms with van der Waals surface area (Å²) >= 11 is 1.70. The molecule has 0 aliphatic rings. The normalized spacial score (nSPS) is 11.1. The molecular formula is C16H22N4O2S. The van der Waals surface area contributed by atoms with Crippen molar-refractivity contribution in [2.45, 2.75) is 46.3 Å². The molecule has 2 aromatic rings. The molecule has 0 aliphatic heterocycles. The Morgan fingerprint density at radius 2 is 2.04 bits per heavy atom. The van der Waals surface area contributed by atoms with Crippen LogP contribution in [0.25, 0.3) is 0 Å². The van der Waals surface area contributed by atoms with E-state index in [1.807, 2.05) is 33.0 Å². The van der Waals surface area contributed by atoms with E-state index in [9.17, 15) is 4.79 Å². The Balaban J connectivity index is 1.85. The van der Waals surface area contributed by atoms with E-state index in [4.69, 9.17) is 4.74 Å². The van der Waals surface area contributed by atoms with Gasteiger partial charge in [-0.15, -0.1) is 11.3 Å². The molecule has 2 rings (SSSR count). The Bertz CT molecular complexity index is 647. The van der Waals surface area contributed by atoms with Crippen LogP contribution in [0, 0.1) is 0 Å². The second-order valence-corrected chi connectivity index (χ2v) is 7.19. The summed E-state index contributed by atoms with van der Waals surface area (Å²) < 4.78 is 5.18. The SMILES string of the molecule is CCc1ncc(CNc2ccc(NC(=O)OC(C)(C)C)nc2)s1. The van der Waals surface area contributed by atoms with E-state index in [1.165, 1.54) is 4.88 Å². The molecule has 0 aliphatic carbocycles. The molecule has 0 saturated carbocycles. The van der Waals surface area contributed by atoms with E-state index in [2.05, 4.69) is 27.5 Å². The van der Waals surface area contributed by atoms with Crippen LogP contribution in [0.2, 0.25) is 0 Å². The van der Waals surface area contributed by atoms with Crippen LogP contribution < -0.4 is 10.6 Å². The maximum atomic E-state index is 11.7. The number of hydrogen-bond donors (Lipinski definition) is 2. The number of anilines is 2. The fourth-order valence-corrected chi connectivity index (χ4v) is 2.57. The van der Waals surface area contributed by atoms with Gasteiger partial charge in [-0.3, -0.25) is 5.32 Å². The number of ether oxygens (including phenoxy) is 1. The molecule has 124 valence electrons. The highest BCUT2D eigenvalue weighted by Crippen LogP contribution is 2.16. The minimum atomic E-state index is -0.530. The van der Waals surface area contributed by atoms with E-state index >= 15 is 0 Å².